The van der Waals surface area contributed by atoms with E-state index in [0.717, 1.165) is 11.3 Å². The highest BCUT2D eigenvalue weighted by molar-refractivity contribution is 8.14. The van der Waals surface area contributed by atoms with Gasteiger partial charge in [-0.3, -0.25) is 9.69 Å². The molecule has 1 aromatic heterocycles. The van der Waals surface area contributed by atoms with Gasteiger partial charge in [-0.2, -0.15) is 0 Å². The van der Waals surface area contributed by atoms with Gasteiger partial charge in [0.05, 0.1) is 17.4 Å². The Bertz CT molecular complexity index is 1030. The Hall–Kier alpha value is -2.00. The topological polar surface area (TPSA) is 64.6 Å². The Labute approximate surface area is 185 Å². The minimum absolute atomic E-state index is 0.0323. The average molecular weight is 468 g/mol. The molecule has 0 spiro atoms. The van der Waals surface area contributed by atoms with Crippen LogP contribution < -0.4 is 14.4 Å². The van der Waals surface area contributed by atoms with Crippen LogP contribution in [0.15, 0.2) is 42.5 Å². The SMILES string of the molecule is COc1ccc(C2CN(c3nnc(COc4ccc(Cl)cc4Cl)s3)C(=O)S2)cc1. The normalized spacial score (nSPS) is 16.3. The molecule has 1 fully saturated rings. The Balaban J connectivity index is 1.41. The van der Waals surface area contributed by atoms with E-state index in [-0.39, 0.29) is 17.1 Å². The molecule has 0 aliphatic carbocycles. The molecule has 0 radical (unpaired) electrons. The first kappa shape index (κ1) is 20.3. The van der Waals surface area contributed by atoms with Crippen molar-refractivity contribution in [2.75, 3.05) is 18.6 Å². The molecule has 0 N–H and O–H groups in total. The molecule has 6 nitrogen and oxygen atoms in total. The minimum atomic E-state index is -0.0461. The van der Waals surface area contributed by atoms with Gasteiger partial charge >= 0.3 is 0 Å². The van der Waals surface area contributed by atoms with Crippen molar-refractivity contribution in [2.45, 2.75) is 11.9 Å². The number of halogens is 2. The summed E-state index contributed by atoms with van der Waals surface area (Å²) in [4.78, 5) is 14.1. The van der Waals surface area contributed by atoms with Crippen molar-refractivity contribution in [3.63, 3.8) is 0 Å². The molecule has 1 aliphatic rings. The fourth-order valence-corrected chi connectivity index (χ4v) is 5.08. The number of rotatable bonds is 6. The van der Waals surface area contributed by atoms with E-state index < -0.39 is 0 Å². The number of carbonyl (C=O) groups is 1. The number of hydrogen-bond donors (Lipinski definition) is 0. The number of thioether (sulfide) groups is 1. The maximum Gasteiger partial charge on any atom is 0.288 e. The van der Waals surface area contributed by atoms with Crippen LogP contribution in [0.3, 0.4) is 0 Å². The molecule has 0 bridgehead atoms. The predicted octanol–water partition coefficient (Wildman–Crippen LogP) is 5.85. The van der Waals surface area contributed by atoms with Crippen LogP contribution in [-0.4, -0.2) is 29.1 Å². The van der Waals surface area contributed by atoms with E-state index in [9.17, 15) is 4.79 Å². The van der Waals surface area contributed by atoms with E-state index in [1.807, 2.05) is 24.3 Å². The van der Waals surface area contributed by atoms with Crippen molar-refractivity contribution < 1.29 is 14.3 Å². The molecular weight excluding hydrogens is 453 g/mol. The Morgan fingerprint density at radius 2 is 1.97 bits per heavy atom. The molecule has 29 heavy (non-hydrogen) atoms. The molecule has 3 aromatic rings. The molecule has 150 valence electrons. The summed E-state index contributed by atoms with van der Waals surface area (Å²) < 4.78 is 10.9. The van der Waals surface area contributed by atoms with E-state index in [2.05, 4.69) is 10.2 Å². The number of methoxy groups -OCH3 is 1. The summed E-state index contributed by atoms with van der Waals surface area (Å²) >= 11 is 14.6. The van der Waals surface area contributed by atoms with Crippen LogP contribution in [0, 0.1) is 0 Å². The smallest absolute Gasteiger partial charge is 0.288 e. The molecule has 4 rings (SSSR count). The lowest BCUT2D eigenvalue weighted by atomic mass is 10.1. The first-order valence-electron chi connectivity index (χ1n) is 8.56. The van der Waals surface area contributed by atoms with Gasteiger partial charge in [0.15, 0.2) is 5.01 Å². The summed E-state index contributed by atoms with van der Waals surface area (Å²) in [6.07, 6.45) is 0. The van der Waals surface area contributed by atoms with Crippen molar-refractivity contribution in [3.05, 3.63) is 63.1 Å². The van der Waals surface area contributed by atoms with Crippen molar-refractivity contribution in [3.8, 4) is 11.5 Å². The first-order chi connectivity index (χ1) is 14.0. The zero-order chi connectivity index (χ0) is 20.4. The standard InChI is InChI=1S/C19H15Cl2N3O3S2/c1-26-13-5-2-11(3-6-13)16-9-24(19(25)28-16)18-23-22-17(29-18)10-27-15-7-4-12(20)8-14(15)21/h2-8,16H,9-10H2,1H3. The van der Waals surface area contributed by atoms with E-state index in [1.54, 1.807) is 30.2 Å². The summed E-state index contributed by atoms with van der Waals surface area (Å²) in [5.41, 5.74) is 1.07. The Morgan fingerprint density at radius 3 is 2.69 bits per heavy atom. The number of anilines is 1. The van der Waals surface area contributed by atoms with Crippen LogP contribution in [0.5, 0.6) is 11.5 Å². The van der Waals surface area contributed by atoms with E-state index in [1.165, 1.54) is 23.1 Å². The molecule has 10 heteroatoms. The first-order valence-corrected chi connectivity index (χ1v) is 11.0. The van der Waals surface area contributed by atoms with Crippen molar-refractivity contribution in [2.24, 2.45) is 0 Å². The number of carbonyl (C=O) groups excluding carboxylic acids is 1. The van der Waals surface area contributed by atoms with Gasteiger partial charge in [0.2, 0.25) is 5.13 Å². The van der Waals surface area contributed by atoms with Gasteiger partial charge in [-0.15, -0.1) is 10.2 Å². The van der Waals surface area contributed by atoms with E-state index in [0.29, 0.717) is 32.5 Å². The summed E-state index contributed by atoms with van der Waals surface area (Å²) in [6, 6.07) is 12.8. The van der Waals surface area contributed by atoms with Crippen LogP contribution in [-0.2, 0) is 6.61 Å². The molecule has 1 amide bonds. The quantitative estimate of drug-likeness (QED) is 0.453. The van der Waals surface area contributed by atoms with Gasteiger partial charge in [0.1, 0.15) is 18.1 Å². The minimum Gasteiger partial charge on any atom is -0.497 e. The van der Waals surface area contributed by atoms with Gasteiger partial charge in [0.25, 0.3) is 5.24 Å². The number of ether oxygens (including phenoxy) is 2. The Morgan fingerprint density at radius 1 is 1.17 bits per heavy atom. The van der Waals surface area contributed by atoms with Crippen LogP contribution >= 0.6 is 46.3 Å². The van der Waals surface area contributed by atoms with Gasteiger partial charge < -0.3 is 9.47 Å². The highest BCUT2D eigenvalue weighted by Crippen LogP contribution is 2.41. The highest BCUT2D eigenvalue weighted by atomic mass is 35.5. The second-order valence-corrected chi connectivity index (χ2v) is 9.14. The molecule has 1 saturated heterocycles. The fraction of sp³-hybridized carbons (Fsp3) is 0.211. The number of hydrogen-bond acceptors (Lipinski definition) is 7. The van der Waals surface area contributed by atoms with Gasteiger partial charge in [-0.1, -0.05) is 58.4 Å². The number of aromatic nitrogens is 2. The zero-order valence-electron chi connectivity index (χ0n) is 15.2. The number of benzene rings is 2. The van der Waals surface area contributed by atoms with Gasteiger partial charge in [-0.25, -0.2) is 0 Å². The second kappa shape index (κ2) is 8.79. The summed E-state index contributed by atoms with van der Waals surface area (Å²) in [6.45, 7) is 0.741. The largest absolute Gasteiger partial charge is 0.497 e. The van der Waals surface area contributed by atoms with E-state index in [4.69, 9.17) is 32.7 Å². The maximum atomic E-state index is 12.5. The van der Waals surface area contributed by atoms with Crippen molar-refractivity contribution >= 4 is 56.7 Å². The van der Waals surface area contributed by atoms with Gasteiger partial charge in [-0.05, 0) is 35.9 Å². The highest BCUT2D eigenvalue weighted by Gasteiger charge is 2.34. The summed E-state index contributed by atoms with van der Waals surface area (Å²) in [7, 11) is 1.63. The molecule has 0 saturated carbocycles. The predicted molar refractivity (Wildman–Crippen MR) is 117 cm³/mol. The number of amides is 1. The number of nitrogens with zero attached hydrogens (tertiary/aromatic N) is 3. The zero-order valence-corrected chi connectivity index (χ0v) is 18.3. The lowest BCUT2D eigenvalue weighted by molar-refractivity contribution is 0.266. The van der Waals surface area contributed by atoms with E-state index >= 15 is 0 Å². The van der Waals surface area contributed by atoms with Crippen LogP contribution in [0.1, 0.15) is 15.8 Å². The van der Waals surface area contributed by atoms with Crippen LogP contribution in [0.2, 0.25) is 10.0 Å². The monoisotopic (exact) mass is 467 g/mol. The van der Waals surface area contributed by atoms with Gasteiger partial charge in [0, 0.05) is 11.6 Å². The molecule has 1 aliphatic heterocycles. The molecule has 2 aromatic carbocycles. The van der Waals surface area contributed by atoms with Crippen LogP contribution in [0.4, 0.5) is 9.93 Å². The lowest BCUT2D eigenvalue weighted by Crippen LogP contribution is -2.22. The molecule has 1 atom stereocenters. The second-order valence-electron chi connectivity index (χ2n) is 6.10. The van der Waals surface area contributed by atoms with Crippen molar-refractivity contribution in [1.29, 1.82) is 0 Å². The molecular formula is C19H15Cl2N3O3S2. The van der Waals surface area contributed by atoms with Crippen LogP contribution in [0.25, 0.3) is 0 Å². The third-order valence-corrected chi connectivity index (χ3v) is 6.81. The fourth-order valence-electron chi connectivity index (χ4n) is 2.76. The third kappa shape index (κ3) is 4.61. The third-order valence-electron chi connectivity index (χ3n) is 4.23. The Kier molecular flexibility index (Phi) is 6.15. The van der Waals surface area contributed by atoms with Crippen molar-refractivity contribution in [1.82, 2.24) is 10.2 Å². The summed E-state index contributed by atoms with van der Waals surface area (Å²) in [5, 5.41) is 10.4. The maximum absolute atomic E-state index is 12.5. The lowest BCUT2D eigenvalue weighted by Gasteiger charge is -2.11. The molecule has 1 unspecified atom stereocenters. The summed E-state index contributed by atoms with van der Waals surface area (Å²) in [5.74, 6) is 1.30. The average Bonchev–Trinajstić information content (AvgIpc) is 3.34. The molecule has 2 heterocycles.